The molecule has 0 aliphatic heterocycles. The van der Waals surface area contributed by atoms with Crippen LogP contribution in [0.5, 0.6) is 5.75 Å². The first-order valence-corrected chi connectivity index (χ1v) is 7.13. The number of Topliss-reactive ketones (excluding diaryl/α,β-unsaturated/α-hetero) is 1. The van der Waals surface area contributed by atoms with Gasteiger partial charge in [0.15, 0.2) is 11.6 Å². The molecule has 1 N–H and O–H groups in total. The molecule has 6 heteroatoms. The summed E-state index contributed by atoms with van der Waals surface area (Å²) in [7, 11) is 0. The number of halogens is 2. The Morgan fingerprint density at radius 1 is 1.38 bits per heavy atom. The minimum Gasteiger partial charge on any atom is -0.493 e. The zero-order valence-electron chi connectivity index (χ0n) is 12.5. The van der Waals surface area contributed by atoms with Gasteiger partial charge in [0.2, 0.25) is 5.91 Å². The van der Waals surface area contributed by atoms with Gasteiger partial charge in [-0.25, -0.2) is 4.39 Å². The molecule has 116 valence electrons. The fourth-order valence-corrected chi connectivity index (χ4v) is 2.34. The summed E-state index contributed by atoms with van der Waals surface area (Å²) in [5, 5.41) is 2.49. The van der Waals surface area contributed by atoms with Crippen molar-refractivity contribution in [3.05, 3.63) is 28.0 Å². The summed E-state index contributed by atoms with van der Waals surface area (Å²) in [6.45, 7) is 6.50. The average molecular weight is 316 g/mol. The van der Waals surface area contributed by atoms with E-state index in [4.69, 9.17) is 16.3 Å². The topological polar surface area (TPSA) is 55.4 Å². The summed E-state index contributed by atoms with van der Waals surface area (Å²) < 4.78 is 19.9. The molecule has 0 heterocycles. The minimum atomic E-state index is -0.675. The van der Waals surface area contributed by atoms with Crippen LogP contribution in [0.3, 0.4) is 0 Å². The summed E-state index contributed by atoms with van der Waals surface area (Å²) in [5.74, 6) is -1.11. The molecule has 0 aliphatic rings. The van der Waals surface area contributed by atoms with Crippen LogP contribution in [0.1, 0.15) is 56.1 Å². The summed E-state index contributed by atoms with van der Waals surface area (Å²) in [5.41, 5.74) is 0.328. The third kappa shape index (κ3) is 3.94. The number of ether oxygens (including phenoxy) is 1. The normalized spacial score (nSPS) is 11.9. The number of hydrogen-bond donors (Lipinski definition) is 1. The van der Waals surface area contributed by atoms with Crippen molar-refractivity contribution in [1.29, 1.82) is 0 Å². The van der Waals surface area contributed by atoms with Gasteiger partial charge in [0, 0.05) is 6.92 Å². The largest absolute Gasteiger partial charge is 0.493 e. The standard InChI is InChI=1S/C15H19ClFNO3/c1-5-12(18-9(4)20)13-14(17)11(16)7-10(8(3)19)15(13)21-6-2/h7,12H,5-6H2,1-4H3,(H,18,20). The summed E-state index contributed by atoms with van der Waals surface area (Å²) in [4.78, 5) is 23.0. The van der Waals surface area contributed by atoms with E-state index in [1.54, 1.807) is 13.8 Å². The van der Waals surface area contributed by atoms with Gasteiger partial charge < -0.3 is 10.1 Å². The number of carbonyl (C=O) groups excluding carboxylic acids is 2. The van der Waals surface area contributed by atoms with E-state index >= 15 is 0 Å². The maximum absolute atomic E-state index is 14.4. The molecule has 1 aromatic rings. The molecule has 0 radical (unpaired) electrons. The van der Waals surface area contributed by atoms with Gasteiger partial charge in [0.1, 0.15) is 5.75 Å². The first-order valence-electron chi connectivity index (χ1n) is 6.76. The molecule has 0 spiro atoms. The molecular weight excluding hydrogens is 297 g/mol. The predicted molar refractivity (Wildman–Crippen MR) is 79.4 cm³/mol. The molecule has 0 fully saturated rings. The number of amides is 1. The number of ketones is 1. The second-order valence-corrected chi connectivity index (χ2v) is 5.02. The average Bonchev–Trinajstić information content (AvgIpc) is 2.40. The van der Waals surface area contributed by atoms with Crippen molar-refractivity contribution in [1.82, 2.24) is 5.32 Å². The molecule has 4 nitrogen and oxygen atoms in total. The van der Waals surface area contributed by atoms with Crippen LogP contribution in [0.2, 0.25) is 5.02 Å². The molecule has 0 saturated carbocycles. The molecular formula is C15H19ClFNO3. The first kappa shape index (κ1) is 17.4. The van der Waals surface area contributed by atoms with E-state index in [1.165, 1.54) is 19.9 Å². The lowest BCUT2D eigenvalue weighted by atomic mass is 9.97. The molecule has 1 rings (SSSR count). The van der Waals surface area contributed by atoms with E-state index < -0.39 is 11.9 Å². The monoisotopic (exact) mass is 315 g/mol. The highest BCUT2D eigenvalue weighted by molar-refractivity contribution is 6.31. The third-order valence-electron chi connectivity index (χ3n) is 3.01. The van der Waals surface area contributed by atoms with Crippen LogP contribution in [0, 0.1) is 5.82 Å². The van der Waals surface area contributed by atoms with Gasteiger partial charge in [-0.15, -0.1) is 0 Å². The van der Waals surface area contributed by atoms with Crippen molar-refractivity contribution >= 4 is 23.3 Å². The zero-order chi connectivity index (χ0) is 16.2. The lowest BCUT2D eigenvalue weighted by Crippen LogP contribution is -2.27. The highest BCUT2D eigenvalue weighted by Crippen LogP contribution is 2.37. The van der Waals surface area contributed by atoms with Crippen molar-refractivity contribution in [3.8, 4) is 5.75 Å². The van der Waals surface area contributed by atoms with Crippen molar-refractivity contribution in [2.24, 2.45) is 0 Å². The van der Waals surface area contributed by atoms with Gasteiger partial charge in [0.05, 0.1) is 28.8 Å². The van der Waals surface area contributed by atoms with E-state index in [1.807, 2.05) is 0 Å². The minimum absolute atomic E-state index is 0.118. The van der Waals surface area contributed by atoms with Crippen molar-refractivity contribution in [3.63, 3.8) is 0 Å². The van der Waals surface area contributed by atoms with Gasteiger partial charge in [-0.05, 0) is 26.3 Å². The van der Waals surface area contributed by atoms with Crippen molar-refractivity contribution < 1.29 is 18.7 Å². The number of hydrogen-bond acceptors (Lipinski definition) is 3. The summed E-state index contributed by atoms with van der Waals surface area (Å²) in [6.07, 6.45) is 0.439. The van der Waals surface area contributed by atoms with Gasteiger partial charge in [0.25, 0.3) is 0 Å². The first-order chi connectivity index (χ1) is 9.83. The molecule has 1 amide bonds. The van der Waals surface area contributed by atoms with E-state index in [2.05, 4.69) is 5.32 Å². The van der Waals surface area contributed by atoms with Crippen LogP contribution < -0.4 is 10.1 Å². The van der Waals surface area contributed by atoms with Gasteiger partial charge >= 0.3 is 0 Å². The van der Waals surface area contributed by atoms with Crippen LogP contribution >= 0.6 is 11.6 Å². The number of benzene rings is 1. The molecule has 0 aromatic heterocycles. The maximum atomic E-state index is 14.4. The fourth-order valence-electron chi connectivity index (χ4n) is 2.13. The van der Waals surface area contributed by atoms with E-state index in [0.717, 1.165) is 0 Å². The maximum Gasteiger partial charge on any atom is 0.217 e. The lowest BCUT2D eigenvalue weighted by molar-refractivity contribution is -0.119. The second kappa shape index (κ2) is 7.41. The molecule has 1 atom stereocenters. The Labute approximate surface area is 128 Å². The highest BCUT2D eigenvalue weighted by Gasteiger charge is 2.26. The SMILES string of the molecule is CCOc1c(C(C)=O)cc(Cl)c(F)c1C(CC)NC(C)=O. The van der Waals surface area contributed by atoms with Crippen LogP contribution in [0.4, 0.5) is 4.39 Å². The van der Waals surface area contributed by atoms with Gasteiger partial charge in [-0.2, -0.15) is 0 Å². The molecule has 0 saturated heterocycles. The second-order valence-electron chi connectivity index (χ2n) is 4.61. The summed E-state index contributed by atoms with van der Waals surface area (Å²) >= 11 is 5.88. The number of rotatable bonds is 6. The quantitative estimate of drug-likeness (QED) is 0.815. The number of nitrogens with one attached hydrogen (secondary N) is 1. The molecule has 1 aromatic carbocycles. The Bertz CT molecular complexity index is 560. The molecule has 1 unspecified atom stereocenters. The lowest BCUT2D eigenvalue weighted by Gasteiger charge is -2.22. The predicted octanol–water partition coefficient (Wildman–Crippen LogP) is 3.67. The van der Waals surface area contributed by atoms with Crippen LogP contribution in [-0.4, -0.2) is 18.3 Å². The fraction of sp³-hybridized carbons (Fsp3) is 0.467. The van der Waals surface area contributed by atoms with Gasteiger partial charge in [-0.1, -0.05) is 18.5 Å². The third-order valence-corrected chi connectivity index (χ3v) is 3.28. The Hall–Kier alpha value is -1.62. The molecule has 0 aliphatic carbocycles. The molecule has 21 heavy (non-hydrogen) atoms. The van der Waals surface area contributed by atoms with Crippen LogP contribution in [0.25, 0.3) is 0 Å². The van der Waals surface area contributed by atoms with Crippen molar-refractivity contribution in [2.45, 2.75) is 40.2 Å². The van der Waals surface area contributed by atoms with E-state index in [9.17, 15) is 14.0 Å². The zero-order valence-corrected chi connectivity index (χ0v) is 13.3. The van der Waals surface area contributed by atoms with Crippen molar-refractivity contribution in [2.75, 3.05) is 6.61 Å². The Kier molecular flexibility index (Phi) is 6.15. The molecule has 0 bridgehead atoms. The highest BCUT2D eigenvalue weighted by atomic mass is 35.5. The smallest absolute Gasteiger partial charge is 0.217 e. The Morgan fingerprint density at radius 3 is 2.43 bits per heavy atom. The van der Waals surface area contributed by atoms with Crippen LogP contribution in [0.15, 0.2) is 6.07 Å². The Morgan fingerprint density at radius 2 is 2.00 bits per heavy atom. The van der Waals surface area contributed by atoms with E-state index in [0.29, 0.717) is 6.42 Å². The van der Waals surface area contributed by atoms with Crippen LogP contribution in [-0.2, 0) is 4.79 Å². The van der Waals surface area contributed by atoms with E-state index in [-0.39, 0.29) is 40.2 Å². The summed E-state index contributed by atoms with van der Waals surface area (Å²) in [6, 6.07) is 0.648. The number of carbonyl (C=O) groups is 2. The van der Waals surface area contributed by atoms with Gasteiger partial charge in [-0.3, -0.25) is 9.59 Å². The Balaban J connectivity index is 3.58.